The van der Waals surface area contributed by atoms with Gasteiger partial charge in [0.15, 0.2) is 0 Å². The van der Waals surface area contributed by atoms with Gasteiger partial charge in [0.05, 0.1) is 0 Å². The quantitative estimate of drug-likeness (QED) is 0.309. The molecule has 0 rings (SSSR count). The molecule has 34 valence electrons. The summed E-state index contributed by atoms with van der Waals surface area (Å²) in [4.78, 5) is 2.40. The van der Waals surface area contributed by atoms with E-state index in [0.29, 0.717) is 13.0 Å². The highest BCUT2D eigenvalue weighted by molar-refractivity contribution is 6.13. The van der Waals surface area contributed by atoms with Crippen molar-refractivity contribution in [2.75, 3.05) is 6.54 Å². The monoisotopic (exact) mass is 103 g/mol. The molecule has 0 aliphatic heterocycles. The second-order valence-electron chi connectivity index (χ2n) is 0.838. The first-order valence-corrected chi connectivity index (χ1v) is 2.06. The van der Waals surface area contributed by atoms with Crippen LogP contribution in [0.15, 0.2) is 0 Å². The molecule has 0 aromatic heterocycles. The van der Waals surface area contributed by atoms with Crippen LogP contribution < -0.4 is 4.84 Å². The van der Waals surface area contributed by atoms with Crippen molar-refractivity contribution in [3.63, 3.8) is 0 Å². The van der Waals surface area contributed by atoms with Gasteiger partial charge < -0.3 is 0 Å². The molecule has 0 saturated heterocycles. The van der Waals surface area contributed by atoms with E-state index in [0.717, 1.165) is 0 Å². The zero-order chi connectivity index (χ0) is 4.83. The first-order valence-electron chi connectivity index (χ1n) is 1.68. The molecule has 2 heteroatoms. The molecule has 0 heterocycles. The summed E-state index contributed by atoms with van der Waals surface area (Å²) in [5.41, 5.74) is 0. The van der Waals surface area contributed by atoms with Crippen LogP contribution in [0.2, 0.25) is 0 Å². The van der Waals surface area contributed by atoms with Gasteiger partial charge in [-0.1, -0.05) is 0 Å². The van der Waals surface area contributed by atoms with E-state index in [1.54, 1.807) is 0 Å². The summed E-state index contributed by atoms with van der Waals surface area (Å²) >= 11 is 5.03. The number of hydrogen-bond acceptors (Lipinski definition) is 1. The minimum atomic E-state index is 0.693. The van der Waals surface area contributed by atoms with Crippen LogP contribution in [-0.4, -0.2) is 6.54 Å². The summed E-state index contributed by atoms with van der Waals surface area (Å²) in [6.45, 7) is 0.693. The maximum atomic E-state index is 5.03. The van der Waals surface area contributed by atoms with Gasteiger partial charge in [-0.25, -0.2) is 4.84 Å². The van der Waals surface area contributed by atoms with Gasteiger partial charge in [0.25, 0.3) is 0 Å². The second kappa shape index (κ2) is 4.81. The molecule has 1 nitrogen and oxygen atoms in total. The van der Waals surface area contributed by atoms with E-state index in [4.69, 9.17) is 18.2 Å². The van der Waals surface area contributed by atoms with Crippen molar-refractivity contribution in [1.29, 1.82) is 0 Å². The predicted molar refractivity (Wildman–Crippen MR) is 27.3 cm³/mol. The van der Waals surface area contributed by atoms with Gasteiger partial charge in [-0.15, -0.1) is 12.3 Å². The van der Waals surface area contributed by atoms with Crippen molar-refractivity contribution in [2.45, 2.75) is 6.42 Å². The smallest absolute Gasteiger partial charge is 0.0225 e. The molecule has 0 aromatic rings. The highest BCUT2D eigenvalue weighted by Gasteiger charge is 1.70. The highest BCUT2D eigenvalue weighted by atomic mass is 35.5. The average molecular weight is 104 g/mol. The van der Waals surface area contributed by atoms with Gasteiger partial charge >= 0.3 is 0 Å². The molecule has 0 aliphatic rings. The second-order valence-corrected chi connectivity index (χ2v) is 1.11. The lowest BCUT2D eigenvalue weighted by Crippen LogP contribution is -1.97. The van der Waals surface area contributed by atoms with Gasteiger partial charge in [-0.2, -0.15) is 0 Å². The van der Waals surface area contributed by atoms with E-state index >= 15 is 0 Å². The topological polar surface area (TPSA) is 12.0 Å². The van der Waals surface area contributed by atoms with Crippen LogP contribution in [0.3, 0.4) is 0 Å². The van der Waals surface area contributed by atoms with E-state index in [2.05, 4.69) is 10.8 Å². The summed E-state index contributed by atoms with van der Waals surface area (Å²) in [7, 11) is 0. The Morgan fingerprint density at radius 1 is 1.83 bits per heavy atom. The highest BCUT2D eigenvalue weighted by Crippen LogP contribution is 1.68. The van der Waals surface area contributed by atoms with Crippen LogP contribution in [0.25, 0.3) is 0 Å². The van der Waals surface area contributed by atoms with Crippen molar-refractivity contribution >= 4 is 11.8 Å². The Labute approximate surface area is 42.8 Å². The van der Waals surface area contributed by atoms with E-state index in [1.807, 2.05) is 0 Å². The third-order valence-corrected chi connectivity index (χ3v) is 0.553. The molecule has 0 fully saturated rings. The summed E-state index contributed by atoms with van der Waals surface area (Å²) in [6.07, 6.45) is 5.56. The number of halogens is 1. The fourth-order valence-electron chi connectivity index (χ4n) is 0.119. The molecule has 0 radical (unpaired) electrons. The van der Waals surface area contributed by atoms with Crippen LogP contribution in [0.4, 0.5) is 0 Å². The van der Waals surface area contributed by atoms with Gasteiger partial charge in [0.1, 0.15) is 0 Å². The Hall–Kier alpha value is -0.190. The maximum absolute atomic E-state index is 5.03. The lowest BCUT2D eigenvalue weighted by atomic mass is 10.5. The summed E-state index contributed by atoms with van der Waals surface area (Å²) in [6, 6.07) is 0. The van der Waals surface area contributed by atoms with Crippen molar-refractivity contribution in [2.24, 2.45) is 0 Å². The molecule has 0 amide bonds. The Balaban J connectivity index is 2.54. The number of rotatable bonds is 2. The molecule has 1 N–H and O–H groups in total. The predicted octanol–water partition coefficient (Wildman–Crippen LogP) is 0.753. The third-order valence-electron chi connectivity index (χ3n) is 0.364. The lowest BCUT2D eigenvalue weighted by molar-refractivity contribution is 0.946. The normalized spacial score (nSPS) is 7.33. The average Bonchev–Trinajstić information content (AvgIpc) is 1.61. The van der Waals surface area contributed by atoms with E-state index in [9.17, 15) is 0 Å². The molecule has 0 spiro atoms. The van der Waals surface area contributed by atoms with Crippen LogP contribution >= 0.6 is 11.8 Å². The lowest BCUT2D eigenvalue weighted by Gasteiger charge is -1.81. The molecule has 0 saturated carbocycles. The van der Waals surface area contributed by atoms with Crippen molar-refractivity contribution in [1.82, 2.24) is 4.84 Å². The van der Waals surface area contributed by atoms with E-state index < -0.39 is 0 Å². The molecule has 0 atom stereocenters. The van der Waals surface area contributed by atoms with Crippen LogP contribution in [0.1, 0.15) is 6.42 Å². The van der Waals surface area contributed by atoms with Crippen LogP contribution in [0.5, 0.6) is 0 Å². The van der Waals surface area contributed by atoms with Crippen molar-refractivity contribution < 1.29 is 0 Å². The summed E-state index contributed by atoms with van der Waals surface area (Å²) in [5.74, 6) is 2.42. The Morgan fingerprint density at radius 3 is 2.67 bits per heavy atom. The van der Waals surface area contributed by atoms with Crippen molar-refractivity contribution in [3.05, 3.63) is 0 Å². The first-order chi connectivity index (χ1) is 2.91. The zero-order valence-corrected chi connectivity index (χ0v) is 4.13. The minimum absolute atomic E-state index is 0.693. The first kappa shape index (κ1) is 5.81. The molecule has 6 heavy (non-hydrogen) atoms. The SMILES string of the molecule is C#CCCNCl. The number of hydrogen-bond donors (Lipinski definition) is 1. The van der Waals surface area contributed by atoms with Gasteiger partial charge in [0.2, 0.25) is 0 Å². The van der Waals surface area contributed by atoms with Crippen LogP contribution in [-0.2, 0) is 0 Å². The van der Waals surface area contributed by atoms with E-state index in [1.165, 1.54) is 0 Å². The fourth-order valence-corrected chi connectivity index (χ4v) is 0.214. The fraction of sp³-hybridized carbons (Fsp3) is 0.500. The summed E-state index contributed by atoms with van der Waals surface area (Å²) in [5, 5.41) is 0. The molecule has 0 bridgehead atoms. The maximum Gasteiger partial charge on any atom is 0.0225 e. The van der Waals surface area contributed by atoms with E-state index in [-0.39, 0.29) is 0 Å². The molecular weight excluding hydrogens is 97.5 g/mol. The zero-order valence-electron chi connectivity index (χ0n) is 3.37. The van der Waals surface area contributed by atoms with Gasteiger partial charge in [-0.3, -0.25) is 0 Å². The molecule has 0 unspecified atom stereocenters. The van der Waals surface area contributed by atoms with Crippen LogP contribution in [0, 0.1) is 12.3 Å². The molecule has 0 aliphatic carbocycles. The van der Waals surface area contributed by atoms with Gasteiger partial charge in [-0.05, 0) is 11.8 Å². The minimum Gasteiger partial charge on any atom is -0.233 e. The Bertz CT molecular complexity index is 55.1. The standard InChI is InChI=1S/C4H6ClN/c1-2-3-4-6-5/h1,6H,3-4H2. The molecule has 0 aromatic carbocycles. The number of terminal acetylenes is 1. The third kappa shape index (κ3) is 3.81. The summed E-state index contributed by atoms with van der Waals surface area (Å²) < 4.78 is 0. The Morgan fingerprint density at radius 2 is 2.50 bits per heavy atom. The largest absolute Gasteiger partial charge is 0.233 e. The Kier molecular flexibility index (Phi) is 4.66. The number of nitrogens with one attached hydrogen (secondary N) is 1. The van der Waals surface area contributed by atoms with Gasteiger partial charge in [0, 0.05) is 13.0 Å². The van der Waals surface area contributed by atoms with Crippen molar-refractivity contribution in [3.8, 4) is 12.3 Å². The molecular formula is C4H6ClN.